The fraction of sp³-hybridized carbons (Fsp3) is 0.333. The number of hydrogen-bond donors (Lipinski definition) is 0. The average Bonchev–Trinajstić information content (AvgIpc) is 2.71. The van der Waals surface area contributed by atoms with Crippen LogP contribution in [0.2, 0.25) is 0 Å². The van der Waals surface area contributed by atoms with Crippen molar-refractivity contribution in [3.63, 3.8) is 0 Å². The number of rotatable bonds is 5. The van der Waals surface area contributed by atoms with Crippen LogP contribution >= 0.6 is 0 Å². The van der Waals surface area contributed by atoms with Gasteiger partial charge < -0.3 is 19.3 Å². The molecule has 3 rings (SSSR count). The van der Waals surface area contributed by atoms with Crippen molar-refractivity contribution in [1.82, 2.24) is 4.90 Å². The number of ether oxygens (including phenoxy) is 2. The molecule has 27 heavy (non-hydrogen) atoms. The zero-order valence-corrected chi connectivity index (χ0v) is 15.7. The summed E-state index contributed by atoms with van der Waals surface area (Å²) >= 11 is 0. The first kappa shape index (κ1) is 18.8. The Morgan fingerprint density at radius 3 is 2.44 bits per heavy atom. The number of methoxy groups -OCH3 is 1. The summed E-state index contributed by atoms with van der Waals surface area (Å²) in [6.45, 7) is 4.25. The molecule has 0 N–H and O–H groups in total. The summed E-state index contributed by atoms with van der Waals surface area (Å²) < 4.78 is 10.6. The molecule has 2 aromatic rings. The highest BCUT2D eigenvalue weighted by molar-refractivity contribution is 5.91. The minimum absolute atomic E-state index is 0.171. The Labute approximate surface area is 159 Å². The van der Waals surface area contributed by atoms with E-state index in [1.807, 2.05) is 37.3 Å². The molecule has 0 radical (unpaired) electrons. The second-order valence-electron chi connectivity index (χ2n) is 6.49. The zero-order chi connectivity index (χ0) is 19.2. The highest BCUT2D eigenvalue weighted by Gasteiger charge is 2.23. The highest BCUT2D eigenvalue weighted by Crippen LogP contribution is 2.28. The Balaban J connectivity index is 1.50. The maximum atomic E-state index is 12.4. The minimum Gasteiger partial charge on any atom is -0.495 e. The molecule has 0 unspecified atom stereocenters. The van der Waals surface area contributed by atoms with Crippen LogP contribution < -0.4 is 9.64 Å². The molecule has 0 atom stereocenters. The summed E-state index contributed by atoms with van der Waals surface area (Å²) in [6, 6.07) is 15.0. The van der Waals surface area contributed by atoms with Crippen LogP contribution in [-0.2, 0) is 9.53 Å². The molecule has 1 fully saturated rings. The number of nitrogens with zero attached hydrogens (tertiary/aromatic N) is 2. The first-order chi connectivity index (χ1) is 13.1. The lowest BCUT2D eigenvalue weighted by Crippen LogP contribution is -2.50. The summed E-state index contributed by atoms with van der Waals surface area (Å²) in [5.74, 6) is 0.180. The summed E-state index contributed by atoms with van der Waals surface area (Å²) in [5, 5.41) is 0. The third-order valence-electron chi connectivity index (χ3n) is 4.64. The van der Waals surface area contributed by atoms with Gasteiger partial charge in [0, 0.05) is 26.2 Å². The number of carbonyl (C=O) groups is 2. The molecule has 0 aliphatic carbocycles. The largest absolute Gasteiger partial charge is 0.495 e. The van der Waals surface area contributed by atoms with Crippen molar-refractivity contribution in [3.8, 4) is 5.75 Å². The summed E-state index contributed by atoms with van der Waals surface area (Å²) in [6.07, 6.45) is 0. The van der Waals surface area contributed by atoms with Gasteiger partial charge in [0.25, 0.3) is 5.91 Å². The number of amides is 1. The van der Waals surface area contributed by atoms with Gasteiger partial charge in [-0.15, -0.1) is 0 Å². The van der Waals surface area contributed by atoms with Crippen LogP contribution in [0, 0.1) is 6.92 Å². The molecule has 6 heteroatoms. The summed E-state index contributed by atoms with van der Waals surface area (Å²) in [5.41, 5.74) is 2.46. The first-order valence-corrected chi connectivity index (χ1v) is 8.98. The van der Waals surface area contributed by atoms with E-state index >= 15 is 0 Å². The lowest BCUT2D eigenvalue weighted by atomic mass is 10.1. The number of benzene rings is 2. The van der Waals surface area contributed by atoms with Crippen molar-refractivity contribution in [2.75, 3.05) is 44.8 Å². The number of esters is 1. The van der Waals surface area contributed by atoms with Gasteiger partial charge in [-0.05, 0) is 31.2 Å². The Morgan fingerprint density at radius 2 is 1.74 bits per heavy atom. The van der Waals surface area contributed by atoms with Crippen molar-refractivity contribution < 1.29 is 19.1 Å². The van der Waals surface area contributed by atoms with Crippen LogP contribution in [-0.4, -0.2) is 56.7 Å². The smallest absolute Gasteiger partial charge is 0.338 e. The molecular weight excluding hydrogens is 344 g/mol. The molecule has 1 aliphatic rings. The van der Waals surface area contributed by atoms with Gasteiger partial charge in [0.1, 0.15) is 5.75 Å². The Morgan fingerprint density at radius 1 is 1.00 bits per heavy atom. The number of para-hydroxylation sites is 2. The second-order valence-corrected chi connectivity index (χ2v) is 6.49. The quantitative estimate of drug-likeness (QED) is 0.759. The fourth-order valence-corrected chi connectivity index (χ4v) is 3.16. The van der Waals surface area contributed by atoms with E-state index in [0.717, 1.165) is 17.0 Å². The molecular formula is C21H24N2O4. The van der Waals surface area contributed by atoms with Gasteiger partial charge in [0.15, 0.2) is 6.61 Å². The number of piperazine rings is 1. The molecule has 0 bridgehead atoms. The van der Waals surface area contributed by atoms with E-state index < -0.39 is 5.97 Å². The van der Waals surface area contributed by atoms with Gasteiger partial charge in [-0.1, -0.05) is 29.8 Å². The number of carbonyl (C=O) groups excluding carboxylic acids is 2. The topological polar surface area (TPSA) is 59.1 Å². The van der Waals surface area contributed by atoms with Crippen molar-refractivity contribution in [2.45, 2.75) is 6.92 Å². The molecule has 1 heterocycles. The van der Waals surface area contributed by atoms with E-state index in [2.05, 4.69) is 4.90 Å². The lowest BCUT2D eigenvalue weighted by Gasteiger charge is -2.36. The van der Waals surface area contributed by atoms with Gasteiger partial charge in [0.05, 0.1) is 18.4 Å². The number of aryl methyl sites for hydroxylation is 1. The SMILES string of the molecule is COc1ccccc1N1CCN(C(=O)COC(=O)c2cccc(C)c2)CC1. The summed E-state index contributed by atoms with van der Waals surface area (Å²) in [7, 11) is 1.65. The van der Waals surface area contributed by atoms with Crippen LogP contribution in [0.25, 0.3) is 0 Å². The van der Waals surface area contributed by atoms with Crippen LogP contribution in [0.15, 0.2) is 48.5 Å². The molecule has 0 spiro atoms. The maximum absolute atomic E-state index is 12.4. The van der Waals surface area contributed by atoms with Gasteiger partial charge in [-0.3, -0.25) is 4.79 Å². The van der Waals surface area contributed by atoms with Crippen LogP contribution in [0.5, 0.6) is 5.75 Å². The molecule has 1 amide bonds. The van der Waals surface area contributed by atoms with Gasteiger partial charge in [0.2, 0.25) is 0 Å². The average molecular weight is 368 g/mol. The standard InChI is InChI=1S/C21H24N2O4/c1-16-6-5-7-17(14-16)21(25)27-15-20(24)23-12-10-22(11-13-23)18-8-3-4-9-19(18)26-2/h3-9,14H,10-13,15H2,1-2H3. The van der Waals surface area contributed by atoms with Gasteiger partial charge in [-0.25, -0.2) is 4.79 Å². The minimum atomic E-state index is -0.472. The Kier molecular flexibility index (Phi) is 5.96. The van der Waals surface area contributed by atoms with Crippen molar-refractivity contribution in [1.29, 1.82) is 0 Å². The molecule has 2 aromatic carbocycles. The third kappa shape index (κ3) is 4.58. The molecule has 142 valence electrons. The normalized spacial score (nSPS) is 14.0. The van der Waals surface area contributed by atoms with E-state index in [1.54, 1.807) is 30.2 Å². The summed E-state index contributed by atoms with van der Waals surface area (Å²) in [4.78, 5) is 28.4. The fourth-order valence-electron chi connectivity index (χ4n) is 3.16. The van der Waals surface area contributed by atoms with E-state index in [1.165, 1.54) is 0 Å². The van der Waals surface area contributed by atoms with Crippen LogP contribution in [0.3, 0.4) is 0 Å². The van der Waals surface area contributed by atoms with Crippen molar-refractivity contribution in [3.05, 3.63) is 59.7 Å². The van der Waals surface area contributed by atoms with Crippen molar-refractivity contribution in [2.24, 2.45) is 0 Å². The Hall–Kier alpha value is -3.02. The monoisotopic (exact) mass is 368 g/mol. The molecule has 1 aliphatic heterocycles. The van der Waals surface area contributed by atoms with Crippen molar-refractivity contribution >= 4 is 17.6 Å². The van der Waals surface area contributed by atoms with Crippen LogP contribution in [0.1, 0.15) is 15.9 Å². The van der Waals surface area contributed by atoms with Gasteiger partial charge >= 0.3 is 5.97 Å². The molecule has 1 saturated heterocycles. The second kappa shape index (κ2) is 8.58. The zero-order valence-electron chi connectivity index (χ0n) is 15.7. The predicted octanol–water partition coefficient (Wildman–Crippen LogP) is 2.51. The van der Waals surface area contributed by atoms with E-state index in [9.17, 15) is 9.59 Å². The molecule has 0 saturated carbocycles. The Bertz CT molecular complexity index is 813. The lowest BCUT2D eigenvalue weighted by molar-refractivity contribution is -0.134. The molecule has 0 aromatic heterocycles. The predicted molar refractivity (Wildman–Crippen MR) is 103 cm³/mol. The van der Waals surface area contributed by atoms with E-state index in [4.69, 9.17) is 9.47 Å². The maximum Gasteiger partial charge on any atom is 0.338 e. The van der Waals surface area contributed by atoms with Gasteiger partial charge in [-0.2, -0.15) is 0 Å². The number of anilines is 1. The first-order valence-electron chi connectivity index (χ1n) is 8.98. The van der Waals surface area contributed by atoms with E-state index in [0.29, 0.717) is 31.7 Å². The molecule has 6 nitrogen and oxygen atoms in total. The number of hydrogen-bond acceptors (Lipinski definition) is 5. The third-order valence-corrected chi connectivity index (χ3v) is 4.64. The van der Waals surface area contributed by atoms with Crippen LogP contribution in [0.4, 0.5) is 5.69 Å². The highest BCUT2D eigenvalue weighted by atomic mass is 16.5. The van der Waals surface area contributed by atoms with E-state index in [-0.39, 0.29) is 12.5 Å².